The standard InChI is InChI=1S/C28H34N8O/c1-18(36-11-9-29-10-12-36)20-7-8-30-22(13-20)15-25-34-23-6-5-21(14-24(23)35-25)26-27(37-2)28(33-17-32-26)31-16-19-3-4-19/h5-8,13-14,17-19,29H,3-4,9-12,15-16H2,1-2H3,(H,34,35)(H,31,32,33). The Kier molecular flexibility index (Phi) is 6.72. The van der Waals surface area contributed by atoms with Crippen molar-refractivity contribution in [3.05, 3.63) is 59.9 Å². The van der Waals surface area contributed by atoms with Crippen molar-refractivity contribution in [3.63, 3.8) is 0 Å². The number of aromatic nitrogens is 5. The third kappa shape index (κ3) is 5.28. The fourth-order valence-electron chi connectivity index (χ4n) is 5.06. The molecule has 1 aliphatic carbocycles. The topological polar surface area (TPSA) is 104 Å². The lowest BCUT2D eigenvalue weighted by atomic mass is 10.1. The largest absolute Gasteiger partial charge is 0.491 e. The van der Waals surface area contributed by atoms with Crippen LogP contribution in [0.25, 0.3) is 22.3 Å². The van der Waals surface area contributed by atoms with Crippen molar-refractivity contribution >= 4 is 16.9 Å². The van der Waals surface area contributed by atoms with E-state index in [2.05, 4.69) is 60.6 Å². The molecule has 1 unspecified atom stereocenters. The molecule has 4 aromatic rings. The number of pyridine rings is 1. The van der Waals surface area contributed by atoms with E-state index in [0.29, 0.717) is 18.2 Å². The third-order valence-electron chi connectivity index (χ3n) is 7.44. The molecule has 1 aliphatic heterocycles. The predicted molar refractivity (Wildman–Crippen MR) is 145 cm³/mol. The highest BCUT2D eigenvalue weighted by atomic mass is 16.5. The van der Waals surface area contributed by atoms with E-state index in [4.69, 9.17) is 9.72 Å². The number of aromatic amines is 1. The van der Waals surface area contributed by atoms with Gasteiger partial charge in [0.15, 0.2) is 11.6 Å². The first-order valence-electron chi connectivity index (χ1n) is 13.2. The molecule has 3 N–H and O–H groups in total. The van der Waals surface area contributed by atoms with Gasteiger partial charge in [-0.3, -0.25) is 9.88 Å². The van der Waals surface area contributed by atoms with Crippen LogP contribution in [0, 0.1) is 5.92 Å². The lowest BCUT2D eigenvalue weighted by Crippen LogP contribution is -2.44. The number of anilines is 1. The van der Waals surface area contributed by atoms with Crippen molar-refractivity contribution in [3.8, 4) is 17.0 Å². The number of benzene rings is 1. The third-order valence-corrected chi connectivity index (χ3v) is 7.44. The highest BCUT2D eigenvalue weighted by Gasteiger charge is 2.23. The lowest BCUT2D eigenvalue weighted by molar-refractivity contribution is 0.185. The number of ether oxygens (including phenoxy) is 1. The second-order valence-corrected chi connectivity index (χ2v) is 10.1. The molecule has 9 heteroatoms. The molecule has 1 aromatic carbocycles. The minimum atomic E-state index is 0.369. The van der Waals surface area contributed by atoms with Gasteiger partial charge in [0.2, 0.25) is 0 Å². The maximum atomic E-state index is 5.73. The molecule has 2 aliphatic rings. The highest BCUT2D eigenvalue weighted by Crippen LogP contribution is 2.36. The lowest BCUT2D eigenvalue weighted by Gasteiger charge is -2.33. The average molecular weight is 499 g/mol. The smallest absolute Gasteiger partial charge is 0.187 e. The summed E-state index contributed by atoms with van der Waals surface area (Å²) in [4.78, 5) is 24.4. The maximum absolute atomic E-state index is 5.73. The molecule has 2 fully saturated rings. The highest BCUT2D eigenvalue weighted by molar-refractivity contribution is 5.83. The molecular formula is C28H34N8O. The van der Waals surface area contributed by atoms with E-state index >= 15 is 0 Å². The molecule has 0 bridgehead atoms. The molecule has 0 spiro atoms. The number of fused-ring (bicyclic) bond motifs is 1. The Morgan fingerprint density at radius 2 is 1.97 bits per heavy atom. The number of imidazole rings is 1. The van der Waals surface area contributed by atoms with Crippen molar-refractivity contribution in [2.75, 3.05) is 45.2 Å². The number of rotatable bonds is 9. The van der Waals surface area contributed by atoms with Crippen LogP contribution in [-0.2, 0) is 6.42 Å². The van der Waals surface area contributed by atoms with Crippen LogP contribution in [-0.4, -0.2) is 69.7 Å². The molecule has 1 atom stereocenters. The molecule has 6 rings (SSSR count). The number of nitrogens with one attached hydrogen (secondary N) is 3. The van der Waals surface area contributed by atoms with Gasteiger partial charge in [0, 0.05) is 62.6 Å². The van der Waals surface area contributed by atoms with Gasteiger partial charge in [-0.05, 0) is 55.5 Å². The Labute approximate surface area is 217 Å². The molecule has 37 heavy (non-hydrogen) atoms. The Hall–Kier alpha value is -3.56. The Bertz CT molecular complexity index is 1380. The maximum Gasteiger partial charge on any atom is 0.187 e. The van der Waals surface area contributed by atoms with E-state index in [0.717, 1.165) is 78.3 Å². The summed E-state index contributed by atoms with van der Waals surface area (Å²) in [5.74, 6) is 3.05. The number of hydrogen-bond donors (Lipinski definition) is 3. The molecule has 9 nitrogen and oxygen atoms in total. The SMILES string of the molecule is COc1c(NCC2CC2)ncnc1-c1ccc2nc(Cc3cc(C(C)N4CCNCC4)ccn3)[nH]c2c1. The summed E-state index contributed by atoms with van der Waals surface area (Å²) in [6, 6.07) is 10.9. The van der Waals surface area contributed by atoms with Crippen LogP contribution in [0.1, 0.15) is 42.9 Å². The van der Waals surface area contributed by atoms with Gasteiger partial charge in [-0.1, -0.05) is 6.07 Å². The number of hydrogen-bond acceptors (Lipinski definition) is 8. The van der Waals surface area contributed by atoms with Crippen molar-refractivity contribution in [2.24, 2.45) is 5.92 Å². The zero-order valence-electron chi connectivity index (χ0n) is 21.5. The second kappa shape index (κ2) is 10.4. The molecule has 0 amide bonds. The quantitative estimate of drug-likeness (QED) is 0.320. The minimum absolute atomic E-state index is 0.369. The van der Waals surface area contributed by atoms with Crippen molar-refractivity contribution in [1.82, 2.24) is 35.1 Å². The normalized spacial score (nSPS) is 17.1. The Morgan fingerprint density at radius 1 is 1.11 bits per heavy atom. The minimum Gasteiger partial charge on any atom is -0.491 e. The number of H-pyrrole nitrogens is 1. The second-order valence-electron chi connectivity index (χ2n) is 10.1. The Balaban J connectivity index is 1.22. The van der Waals surface area contributed by atoms with Crippen LogP contribution in [0.15, 0.2) is 42.9 Å². The molecular weight excluding hydrogens is 464 g/mol. The van der Waals surface area contributed by atoms with Crippen LogP contribution in [0.3, 0.4) is 0 Å². The first kappa shape index (κ1) is 23.8. The Morgan fingerprint density at radius 3 is 2.78 bits per heavy atom. The summed E-state index contributed by atoms with van der Waals surface area (Å²) in [6.07, 6.45) is 6.72. The van der Waals surface area contributed by atoms with Crippen molar-refractivity contribution in [2.45, 2.75) is 32.2 Å². The van der Waals surface area contributed by atoms with Crippen LogP contribution in [0.2, 0.25) is 0 Å². The van der Waals surface area contributed by atoms with E-state index in [1.807, 2.05) is 18.3 Å². The van der Waals surface area contributed by atoms with Gasteiger partial charge < -0.3 is 20.4 Å². The van der Waals surface area contributed by atoms with Crippen molar-refractivity contribution < 1.29 is 4.74 Å². The fraction of sp³-hybridized carbons (Fsp3) is 0.429. The average Bonchev–Trinajstić information content (AvgIpc) is 3.69. The predicted octanol–water partition coefficient (Wildman–Crippen LogP) is 3.80. The summed E-state index contributed by atoms with van der Waals surface area (Å²) in [5.41, 5.74) is 5.93. The van der Waals surface area contributed by atoms with Crippen molar-refractivity contribution in [1.29, 1.82) is 0 Å². The van der Waals surface area contributed by atoms with Gasteiger partial charge in [-0.2, -0.15) is 0 Å². The van der Waals surface area contributed by atoms with E-state index in [-0.39, 0.29) is 0 Å². The molecule has 0 radical (unpaired) electrons. The van der Waals surface area contributed by atoms with Crippen LogP contribution in [0.4, 0.5) is 5.82 Å². The van der Waals surface area contributed by atoms with Crippen LogP contribution >= 0.6 is 0 Å². The number of methoxy groups -OCH3 is 1. The molecule has 1 saturated heterocycles. The summed E-state index contributed by atoms with van der Waals surface area (Å²) in [6.45, 7) is 7.42. The zero-order valence-corrected chi connectivity index (χ0v) is 21.5. The van der Waals surface area contributed by atoms with Gasteiger partial charge in [0.05, 0.1) is 18.1 Å². The molecule has 3 aromatic heterocycles. The first-order valence-corrected chi connectivity index (χ1v) is 13.2. The summed E-state index contributed by atoms with van der Waals surface area (Å²) in [7, 11) is 1.67. The van der Waals surface area contributed by atoms with Gasteiger partial charge >= 0.3 is 0 Å². The monoisotopic (exact) mass is 498 g/mol. The molecule has 192 valence electrons. The van der Waals surface area contributed by atoms with E-state index < -0.39 is 0 Å². The van der Waals surface area contributed by atoms with Gasteiger partial charge in [0.1, 0.15) is 17.8 Å². The summed E-state index contributed by atoms with van der Waals surface area (Å²) < 4.78 is 5.73. The number of piperazine rings is 1. The van der Waals surface area contributed by atoms with E-state index in [9.17, 15) is 0 Å². The molecule has 1 saturated carbocycles. The van der Waals surface area contributed by atoms with Crippen LogP contribution < -0.4 is 15.4 Å². The van der Waals surface area contributed by atoms with Gasteiger partial charge in [-0.25, -0.2) is 15.0 Å². The summed E-state index contributed by atoms with van der Waals surface area (Å²) in [5, 5.41) is 6.86. The van der Waals surface area contributed by atoms with Gasteiger partial charge in [-0.15, -0.1) is 0 Å². The van der Waals surface area contributed by atoms with Crippen LogP contribution in [0.5, 0.6) is 5.75 Å². The fourth-order valence-corrected chi connectivity index (χ4v) is 5.06. The first-order chi connectivity index (χ1) is 18.2. The van der Waals surface area contributed by atoms with E-state index in [1.54, 1.807) is 13.4 Å². The summed E-state index contributed by atoms with van der Waals surface area (Å²) >= 11 is 0. The molecule has 4 heterocycles. The van der Waals surface area contributed by atoms with E-state index in [1.165, 1.54) is 18.4 Å². The number of nitrogens with zero attached hydrogens (tertiary/aromatic N) is 5. The van der Waals surface area contributed by atoms with Gasteiger partial charge in [0.25, 0.3) is 0 Å². The zero-order chi connectivity index (χ0) is 25.2.